The summed E-state index contributed by atoms with van der Waals surface area (Å²) in [5, 5.41) is 10.5. The summed E-state index contributed by atoms with van der Waals surface area (Å²) < 4.78 is 46.4. The van der Waals surface area contributed by atoms with Crippen molar-refractivity contribution in [3.05, 3.63) is 66.0 Å². The van der Waals surface area contributed by atoms with E-state index in [4.69, 9.17) is 4.74 Å². The van der Waals surface area contributed by atoms with Crippen molar-refractivity contribution < 1.29 is 22.7 Å². The lowest BCUT2D eigenvalue weighted by molar-refractivity contribution is -0.137. The van der Waals surface area contributed by atoms with E-state index in [9.17, 15) is 18.0 Å². The van der Waals surface area contributed by atoms with Gasteiger partial charge in [-0.05, 0) is 36.4 Å². The van der Waals surface area contributed by atoms with E-state index in [1.165, 1.54) is 6.33 Å². The van der Waals surface area contributed by atoms with Crippen LogP contribution in [0.25, 0.3) is 11.5 Å². The molecule has 4 rings (SSSR count). The van der Waals surface area contributed by atoms with Crippen LogP contribution in [0.1, 0.15) is 15.9 Å². The highest BCUT2D eigenvalue weighted by Crippen LogP contribution is 2.33. The van der Waals surface area contributed by atoms with Gasteiger partial charge in [-0.2, -0.15) is 13.2 Å². The number of carbonyl (C=O) groups is 1. The fraction of sp³-hybridized carbons (Fsp3) is 0.158. The first-order valence-corrected chi connectivity index (χ1v) is 8.57. The highest BCUT2D eigenvalue weighted by molar-refractivity contribution is 6.05. The molecule has 3 aromatic rings. The van der Waals surface area contributed by atoms with Crippen molar-refractivity contribution in [3.63, 3.8) is 0 Å². The first-order valence-electron chi connectivity index (χ1n) is 8.57. The minimum absolute atomic E-state index is 0.0113. The number of benzene rings is 1. The normalized spacial score (nSPS) is 15.3. The van der Waals surface area contributed by atoms with Crippen LogP contribution in [0.4, 0.5) is 19.0 Å². The van der Waals surface area contributed by atoms with Crippen LogP contribution in [0.3, 0.4) is 0 Å². The largest absolute Gasteiger partial charge is 0.489 e. The molecular weight excluding hydrogens is 387 g/mol. The lowest BCUT2D eigenvalue weighted by atomic mass is 10.1. The zero-order chi connectivity index (χ0) is 20.4. The Morgan fingerprint density at radius 3 is 2.83 bits per heavy atom. The maximum atomic E-state index is 13.1. The van der Waals surface area contributed by atoms with Gasteiger partial charge in [0.25, 0.3) is 5.91 Å². The summed E-state index contributed by atoms with van der Waals surface area (Å²) in [6, 6.07) is 7.71. The number of fused-ring (bicyclic) bond motifs is 5. The average Bonchev–Trinajstić information content (AvgIpc) is 3.15. The first kappa shape index (κ1) is 18.7. The van der Waals surface area contributed by atoms with Gasteiger partial charge >= 0.3 is 6.18 Å². The van der Waals surface area contributed by atoms with Crippen molar-refractivity contribution in [2.45, 2.75) is 12.7 Å². The van der Waals surface area contributed by atoms with E-state index in [1.54, 1.807) is 34.9 Å². The standard InChI is InChI=1S/C19H14F3N5O2/c20-19(21,22)12-6-7-13-15(10-12)29-9-2-1-8-27-11-23-26-17(27)14-4-3-5-16(24-14)25-18(13)28/h1-7,10-11H,8-9H2,(H,24,25,28)/b2-1-. The Bertz CT molecular complexity index is 1090. The second-order valence-electron chi connectivity index (χ2n) is 6.16. The molecular formula is C19H14F3N5O2. The van der Waals surface area contributed by atoms with Gasteiger partial charge in [0.05, 0.1) is 11.1 Å². The van der Waals surface area contributed by atoms with Crippen LogP contribution in [0.5, 0.6) is 5.75 Å². The smallest absolute Gasteiger partial charge is 0.416 e. The fourth-order valence-corrected chi connectivity index (χ4v) is 2.80. The van der Waals surface area contributed by atoms with Crippen molar-refractivity contribution in [3.8, 4) is 17.3 Å². The number of halogens is 3. The summed E-state index contributed by atoms with van der Waals surface area (Å²) in [6.07, 6.45) is 0.381. The fourth-order valence-electron chi connectivity index (χ4n) is 2.80. The third-order valence-electron chi connectivity index (χ3n) is 4.19. The van der Waals surface area contributed by atoms with Gasteiger partial charge < -0.3 is 14.6 Å². The lowest BCUT2D eigenvalue weighted by Gasteiger charge is -2.14. The van der Waals surface area contributed by atoms with Crippen molar-refractivity contribution in [1.82, 2.24) is 19.7 Å². The topological polar surface area (TPSA) is 81.9 Å². The Kier molecular flexibility index (Phi) is 4.75. The number of ether oxygens (including phenoxy) is 1. The molecule has 29 heavy (non-hydrogen) atoms. The summed E-state index contributed by atoms with van der Waals surface area (Å²) >= 11 is 0. The van der Waals surface area contributed by atoms with Gasteiger partial charge in [-0.3, -0.25) is 4.79 Å². The third-order valence-corrected chi connectivity index (χ3v) is 4.19. The summed E-state index contributed by atoms with van der Waals surface area (Å²) in [7, 11) is 0. The Labute approximate surface area is 162 Å². The molecule has 3 heterocycles. The molecule has 1 amide bonds. The average molecular weight is 401 g/mol. The molecule has 1 aliphatic rings. The second-order valence-corrected chi connectivity index (χ2v) is 6.16. The molecule has 0 spiro atoms. The number of amides is 1. The Balaban J connectivity index is 1.76. The molecule has 0 unspecified atom stereocenters. The van der Waals surface area contributed by atoms with E-state index >= 15 is 0 Å². The van der Waals surface area contributed by atoms with E-state index in [1.807, 2.05) is 0 Å². The van der Waals surface area contributed by atoms with Gasteiger partial charge in [-0.15, -0.1) is 10.2 Å². The van der Waals surface area contributed by atoms with Crippen molar-refractivity contribution >= 4 is 11.7 Å². The number of carbonyl (C=O) groups excluding carboxylic acids is 1. The van der Waals surface area contributed by atoms with Crippen LogP contribution in [0, 0.1) is 0 Å². The highest BCUT2D eigenvalue weighted by atomic mass is 19.4. The molecule has 10 heteroatoms. The van der Waals surface area contributed by atoms with Gasteiger partial charge in [0, 0.05) is 6.54 Å². The maximum absolute atomic E-state index is 13.1. The minimum atomic E-state index is -4.55. The zero-order valence-electron chi connectivity index (χ0n) is 14.8. The molecule has 0 atom stereocenters. The van der Waals surface area contributed by atoms with Crippen molar-refractivity contribution in [1.29, 1.82) is 0 Å². The summed E-state index contributed by atoms with van der Waals surface area (Å²) in [5.74, 6) is -0.0690. The zero-order valence-corrected chi connectivity index (χ0v) is 14.8. The van der Waals surface area contributed by atoms with Crippen LogP contribution in [-0.4, -0.2) is 32.3 Å². The number of nitrogens with zero attached hydrogens (tertiary/aromatic N) is 4. The monoisotopic (exact) mass is 401 g/mol. The van der Waals surface area contributed by atoms with Gasteiger partial charge in [-0.1, -0.05) is 12.1 Å². The molecule has 1 aromatic carbocycles. The van der Waals surface area contributed by atoms with Gasteiger partial charge in [0.1, 0.15) is 30.2 Å². The number of aromatic nitrogens is 4. The number of alkyl halides is 3. The van der Waals surface area contributed by atoms with E-state index in [2.05, 4.69) is 20.5 Å². The molecule has 0 fully saturated rings. The maximum Gasteiger partial charge on any atom is 0.416 e. The minimum Gasteiger partial charge on any atom is -0.489 e. The third kappa shape index (κ3) is 3.96. The summed E-state index contributed by atoms with van der Waals surface area (Å²) in [5.41, 5.74) is -0.433. The second kappa shape index (κ2) is 7.38. The van der Waals surface area contributed by atoms with Gasteiger partial charge in [0.15, 0.2) is 5.82 Å². The lowest BCUT2D eigenvalue weighted by Crippen LogP contribution is -2.16. The van der Waals surface area contributed by atoms with Crippen LogP contribution >= 0.6 is 0 Å². The molecule has 1 aliphatic heterocycles. The number of nitrogens with one attached hydrogen (secondary N) is 1. The molecule has 0 aliphatic carbocycles. The van der Waals surface area contributed by atoms with Gasteiger partial charge in [0.2, 0.25) is 0 Å². The van der Waals surface area contributed by atoms with E-state index < -0.39 is 17.6 Å². The van der Waals surface area contributed by atoms with E-state index in [0.29, 0.717) is 18.1 Å². The quantitative estimate of drug-likeness (QED) is 0.583. The summed E-state index contributed by atoms with van der Waals surface area (Å²) in [4.78, 5) is 17.0. The van der Waals surface area contributed by atoms with Crippen molar-refractivity contribution in [2.24, 2.45) is 0 Å². The molecule has 1 N–H and O–H groups in total. The van der Waals surface area contributed by atoms with Crippen LogP contribution < -0.4 is 10.1 Å². The van der Waals surface area contributed by atoms with Crippen LogP contribution in [0.15, 0.2) is 54.9 Å². The highest BCUT2D eigenvalue weighted by Gasteiger charge is 2.32. The van der Waals surface area contributed by atoms with Crippen LogP contribution in [-0.2, 0) is 12.7 Å². The molecule has 0 saturated carbocycles. The number of hydrogen-bond donors (Lipinski definition) is 1. The van der Waals surface area contributed by atoms with E-state index in [0.717, 1.165) is 18.2 Å². The number of allylic oxidation sites excluding steroid dienone is 1. The SMILES string of the molecule is O=C1Nc2cccc(n2)-c2nncn2C/C=C\COc2cc(C(F)(F)F)ccc21. The molecule has 0 saturated heterocycles. The summed E-state index contributed by atoms with van der Waals surface area (Å²) in [6.45, 7) is 0.405. The first-order chi connectivity index (χ1) is 13.9. The van der Waals surface area contributed by atoms with E-state index in [-0.39, 0.29) is 23.7 Å². The predicted octanol–water partition coefficient (Wildman–Crippen LogP) is 3.56. The molecule has 2 bridgehead atoms. The molecule has 7 nitrogen and oxygen atoms in total. The number of pyridine rings is 1. The predicted molar refractivity (Wildman–Crippen MR) is 97.3 cm³/mol. The van der Waals surface area contributed by atoms with Gasteiger partial charge in [-0.25, -0.2) is 4.98 Å². The number of anilines is 1. The van der Waals surface area contributed by atoms with Crippen molar-refractivity contribution in [2.75, 3.05) is 11.9 Å². The number of rotatable bonds is 0. The van der Waals surface area contributed by atoms with Crippen LogP contribution in [0.2, 0.25) is 0 Å². The Hall–Kier alpha value is -3.69. The number of hydrogen-bond acceptors (Lipinski definition) is 5. The Morgan fingerprint density at radius 1 is 1.14 bits per heavy atom. The molecule has 2 aromatic heterocycles. The molecule has 148 valence electrons. The molecule has 0 radical (unpaired) electrons. The Morgan fingerprint density at radius 2 is 2.00 bits per heavy atom.